The highest BCUT2D eigenvalue weighted by Crippen LogP contribution is 2.32. The Morgan fingerprint density at radius 2 is 1.83 bits per heavy atom. The molecule has 0 aromatic heterocycles. The molecule has 4 rings (SSSR count). The lowest BCUT2D eigenvalue weighted by atomic mass is 10.00. The van der Waals surface area contributed by atoms with E-state index in [1.54, 1.807) is 13.2 Å². The van der Waals surface area contributed by atoms with Gasteiger partial charge in [0.15, 0.2) is 0 Å². The minimum atomic E-state index is -0.552. The first-order valence-corrected chi connectivity index (χ1v) is 10.5. The van der Waals surface area contributed by atoms with Crippen LogP contribution >= 0.6 is 11.6 Å². The molecule has 3 aromatic rings. The monoisotopic (exact) mass is 423 g/mol. The molecule has 1 heterocycles. The molecule has 0 saturated carbocycles. The van der Waals surface area contributed by atoms with E-state index in [0.29, 0.717) is 17.3 Å². The molecule has 1 N–H and O–H groups in total. The third kappa shape index (κ3) is 4.96. The molecular formula is C25H26ClNO3. The van der Waals surface area contributed by atoms with Crippen LogP contribution in [0.3, 0.4) is 0 Å². The Morgan fingerprint density at radius 1 is 1.00 bits per heavy atom. The maximum Gasteiger partial charge on any atom is 0.120 e. The van der Waals surface area contributed by atoms with Gasteiger partial charge in [0.2, 0.25) is 0 Å². The van der Waals surface area contributed by atoms with Crippen molar-refractivity contribution >= 4 is 11.6 Å². The molecule has 4 nitrogen and oxygen atoms in total. The number of aliphatic hydroxyl groups is 1. The van der Waals surface area contributed by atoms with Crippen LogP contribution in [0.2, 0.25) is 5.02 Å². The van der Waals surface area contributed by atoms with Crippen LogP contribution in [0.4, 0.5) is 0 Å². The highest BCUT2D eigenvalue weighted by atomic mass is 35.5. The first-order chi connectivity index (χ1) is 14.6. The zero-order valence-corrected chi connectivity index (χ0v) is 17.8. The Morgan fingerprint density at radius 3 is 2.63 bits per heavy atom. The minimum Gasteiger partial charge on any atom is -0.497 e. The average molecular weight is 424 g/mol. The Labute approximate surface area is 182 Å². The van der Waals surface area contributed by atoms with Crippen molar-refractivity contribution in [2.24, 2.45) is 0 Å². The molecule has 0 fully saturated rings. The van der Waals surface area contributed by atoms with Gasteiger partial charge in [-0.15, -0.1) is 0 Å². The second-order valence-corrected chi connectivity index (χ2v) is 8.00. The summed E-state index contributed by atoms with van der Waals surface area (Å²) in [5.41, 5.74) is 4.63. The number of methoxy groups -OCH3 is 1. The van der Waals surface area contributed by atoms with Crippen LogP contribution in [0.15, 0.2) is 66.7 Å². The summed E-state index contributed by atoms with van der Waals surface area (Å²) in [6.07, 6.45) is 0.470. The van der Waals surface area contributed by atoms with Crippen molar-refractivity contribution in [2.45, 2.75) is 19.1 Å². The molecule has 30 heavy (non-hydrogen) atoms. The van der Waals surface area contributed by atoms with E-state index in [4.69, 9.17) is 21.1 Å². The van der Waals surface area contributed by atoms with Gasteiger partial charge in [-0.1, -0.05) is 48.0 Å². The quantitative estimate of drug-likeness (QED) is 0.592. The Bertz CT molecular complexity index is 1010. The van der Waals surface area contributed by atoms with E-state index in [1.807, 2.05) is 36.4 Å². The van der Waals surface area contributed by atoms with Crippen molar-refractivity contribution in [3.05, 3.63) is 82.9 Å². The van der Waals surface area contributed by atoms with Crippen molar-refractivity contribution in [2.75, 3.05) is 26.8 Å². The Balaban J connectivity index is 1.35. The molecule has 1 unspecified atom stereocenters. The lowest BCUT2D eigenvalue weighted by molar-refractivity contribution is 0.0638. The van der Waals surface area contributed by atoms with Crippen molar-refractivity contribution in [3.63, 3.8) is 0 Å². The number of ether oxygens (including phenoxy) is 2. The van der Waals surface area contributed by atoms with Crippen LogP contribution in [0.25, 0.3) is 11.1 Å². The van der Waals surface area contributed by atoms with E-state index in [1.165, 1.54) is 11.1 Å². The van der Waals surface area contributed by atoms with Crippen LogP contribution in [-0.4, -0.2) is 42.9 Å². The van der Waals surface area contributed by atoms with E-state index in [-0.39, 0.29) is 6.61 Å². The first-order valence-electron chi connectivity index (χ1n) is 10.2. The molecule has 1 aliphatic rings. The van der Waals surface area contributed by atoms with Crippen LogP contribution in [0, 0.1) is 0 Å². The predicted octanol–water partition coefficient (Wildman–Crippen LogP) is 4.81. The van der Waals surface area contributed by atoms with Gasteiger partial charge < -0.3 is 14.6 Å². The molecule has 1 aliphatic heterocycles. The van der Waals surface area contributed by atoms with Crippen molar-refractivity contribution in [3.8, 4) is 22.6 Å². The van der Waals surface area contributed by atoms with E-state index >= 15 is 0 Å². The van der Waals surface area contributed by atoms with Gasteiger partial charge in [-0.05, 0) is 53.4 Å². The van der Waals surface area contributed by atoms with Gasteiger partial charge in [-0.25, -0.2) is 0 Å². The smallest absolute Gasteiger partial charge is 0.120 e. The largest absolute Gasteiger partial charge is 0.497 e. The third-order valence-electron chi connectivity index (χ3n) is 5.44. The SMILES string of the molecule is COc1ccc(-c2cccc(OCC(O)CN3CCc4ccccc4C3)c2)c(Cl)c1. The Hall–Kier alpha value is -2.53. The van der Waals surface area contributed by atoms with Gasteiger partial charge in [0.25, 0.3) is 0 Å². The molecule has 0 spiro atoms. The number of fused-ring (bicyclic) bond motifs is 1. The maximum absolute atomic E-state index is 10.5. The fourth-order valence-electron chi connectivity index (χ4n) is 3.86. The summed E-state index contributed by atoms with van der Waals surface area (Å²) >= 11 is 6.40. The molecule has 0 amide bonds. The summed E-state index contributed by atoms with van der Waals surface area (Å²) in [7, 11) is 1.62. The molecular weight excluding hydrogens is 398 g/mol. The number of nitrogens with zero attached hydrogens (tertiary/aromatic N) is 1. The summed E-state index contributed by atoms with van der Waals surface area (Å²) in [5.74, 6) is 1.43. The summed E-state index contributed by atoms with van der Waals surface area (Å²) in [5, 5.41) is 11.1. The van der Waals surface area contributed by atoms with Gasteiger partial charge in [0.05, 0.1) is 12.1 Å². The zero-order valence-electron chi connectivity index (χ0n) is 17.1. The van der Waals surface area contributed by atoms with Crippen LogP contribution in [0.1, 0.15) is 11.1 Å². The summed E-state index contributed by atoms with van der Waals surface area (Å²) < 4.78 is 11.1. The van der Waals surface area contributed by atoms with Gasteiger partial charge in [0, 0.05) is 25.2 Å². The van der Waals surface area contributed by atoms with Crippen LogP contribution in [-0.2, 0) is 13.0 Å². The highest BCUT2D eigenvalue weighted by molar-refractivity contribution is 6.33. The predicted molar refractivity (Wildman–Crippen MR) is 120 cm³/mol. The number of benzene rings is 3. The standard InChI is InChI=1S/C25H26ClNO3/c1-29-22-9-10-24(25(26)14-22)19-7-4-8-23(13-19)30-17-21(28)16-27-12-11-18-5-2-3-6-20(18)15-27/h2-10,13-14,21,28H,11-12,15-17H2,1H3. The lowest BCUT2D eigenvalue weighted by Crippen LogP contribution is -2.38. The number of rotatable bonds is 7. The maximum atomic E-state index is 10.5. The number of hydrogen-bond acceptors (Lipinski definition) is 4. The fourth-order valence-corrected chi connectivity index (χ4v) is 4.14. The van der Waals surface area contributed by atoms with Crippen molar-refractivity contribution in [1.29, 1.82) is 0 Å². The number of hydrogen-bond donors (Lipinski definition) is 1. The van der Waals surface area contributed by atoms with E-state index in [0.717, 1.165) is 36.4 Å². The van der Waals surface area contributed by atoms with Gasteiger partial charge in [-0.2, -0.15) is 0 Å². The highest BCUT2D eigenvalue weighted by Gasteiger charge is 2.18. The van der Waals surface area contributed by atoms with Crippen molar-refractivity contribution in [1.82, 2.24) is 4.90 Å². The van der Waals surface area contributed by atoms with Gasteiger partial charge in [-0.3, -0.25) is 4.90 Å². The summed E-state index contributed by atoms with van der Waals surface area (Å²) in [6.45, 7) is 2.68. The summed E-state index contributed by atoms with van der Waals surface area (Å²) in [4.78, 5) is 2.28. The van der Waals surface area contributed by atoms with E-state index in [2.05, 4.69) is 29.2 Å². The Kier molecular flexibility index (Phi) is 6.58. The molecule has 3 aromatic carbocycles. The van der Waals surface area contributed by atoms with Crippen molar-refractivity contribution < 1.29 is 14.6 Å². The first kappa shape index (κ1) is 20.7. The fraction of sp³-hybridized carbons (Fsp3) is 0.280. The van der Waals surface area contributed by atoms with Gasteiger partial charge >= 0.3 is 0 Å². The van der Waals surface area contributed by atoms with E-state index in [9.17, 15) is 5.11 Å². The van der Waals surface area contributed by atoms with E-state index < -0.39 is 6.10 Å². The topological polar surface area (TPSA) is 41.9 Å². The molecule has 5 heteroatoms. The number of β-amino-alcohol motifs (C(OH)–C–C–N with tert-alkyl or cyclic N) is 1. The normalized spacial score (nSPS) is 14.8. The molecule has 0 aliphatic carbocycles. The number of halogens is 1. The minimum absolute atomic E-state index is 0.248. The molecule has 0 bridgehead atoms. The molecule has 0 radical (unpaired) electrons. The second kappa shape index (κ2) is 9.52. The molecule has 156 valence electrons. The molecule has 1 atom stereocenters. The second-order valence-electron chi connectivity index (χ2n) is 7.59. The number of aliphatic hydroxyl groups excluding tert-OH is 1. The average Bonchev–Trinajstić information content (AvgIpc) is 2.77. The van der Waals surface area contributed by atoms with Gasteiger partial charge in [0.1, 0.15) is 24.2 Å². The third-order valence-corrected chi connectivity index (χ3v) is 5.76. The zero-order chi connectivity index (χ0) is 20.9. The molecule has 0 saturated heterocycles. The van der Waals surface area contributed by atoms with Crippen LogP contribution in [0.5, 0.6) is 11.5 Å². The van der Waals surface area contributed by atoms with Crippen LogP contribution < -0.4 is 9.47 Å². The lowest BCUT2D eigenvalue weighted by Gasteiger charge is -2.30. The summed E-state index contributed by atoms with van der Waals surface area (Å²) in [6, 6.07) is 21.9.